The molecule has 1 aliphatic rings. The zero-order valence-corrected chi connectivity index (χ0v) is 18.4. The molecule has 1 aliphatic heterocycles. The second-order valence-corrected chi connectivity index (χ2v) is 8.70. The van der Waals surface area contributed by atoms with Crippen LogP contribution in [-0.2, 0) is 6.54 Å². The molecule has 0 radical (unpaired) electrons. The molecule has 2 aromatic heterocycles. The molecule has 0 aliphatic carbocycles. The van der Waals surface area contributed by atoms with E-state index < -0.39 is 0 Å². The summed E-state index contributed by atoms with van der Waals surface area (Å²) in [5.41, 5.74) is 3.65. The van der Waals surface area contributed by atoms with E-state index in [4.69, 9.17) is 13.9 Å². The van der Waals surface area contributed by atoms with Gasteiger partial charge in [-0.3, -0.25) is 4.79 Å². The highest BCUT2D eigenvalue weighted by molar-refractivity contribution is 7.99. The Morgan fingerprint density at radius 1 is 1.17 bits per heavy atom. The fourth-order valence-electron chi connectivity index (χ4n) is 3.43. The summed E-state index contributed by atoms with van der Waals surface area (Å²) in [6.45, 7) is 9.61. The van der Waals surface area contributed by atoms with Crippen molar-refractivity contribution in [3.63, 3.8) is 0 Å². The third-order valence-corrected chi connectivity index (χ3v) is 5.98. The van der Waals surface area contributed by atoms with E-state index in [9.17, 15) is 4.79 Å². The fourth-order valence-corrected chi connectivity index (χ4v) is 4.08. The van der Waals surface area contributed by atoms with Gasteiger partial charge in [-0.1, -0.05) is 25.6 Å². The van der Waals surface area contributed by atoms with E-state index in [1.807, 2.05) is 38.1 Å². The lowest BCUT2D eigenvalue weighted by molar-refractivity contribution is 0.102. The van der Waals surface area contributed by atoms with E-state index in [-0.39, 0.29) is 18.3 Å². The maximum atomic E-state index is 12.8. The summed E-state index contributed by atoms with van der Waals surface area (Å²) in [7, 11) is 0. The average molecular weight is 428 g/mol. The number of aromatic nitrogens is 3. The van der Waals surface area contributed by atoms with E-state index in [0.29, 0.717) is 28.5 Å². The highest BCUT2D eigenvalue weighted by atomic mass is 32.2. The highest BCUT2D eigenvalue weighted by Gasteiger charge is 2.19. The molecular formula is C22H25N3O4S. The number of hydrogen-bond donors (Lipinski definition) is 0. The van der Waals surface area contributed by atoms with Gasteiger partial charge in [0, 0.05) is 29.1 Å². The average Bonchev–Trinajstić information content (AvgIpc) is 3.43. The molecule has 0 spiro atoms. The summed E-state index contributed by atoms with van der Waals surface area (Å²) in [6, 6.07) is 7.44. The van der Waals surface area contributed by atoms with Gasteiger partial charge in [0.05, 0.1) is 5.75 Å². The Balaban J connectivity index is 1.41. The van der Waals surface area contributed by atoms with Gasteiger partial charge in [-0.2, -0.15) is 0 Å². The normalized spacial score (nSPS) is 12.7. The molecule has 3 heterocycles. The number of thioether (sulfide) groups is 1. The quantitative estimate of drug-likeness (QED) is 0.373. The molecule has 3 aromatic rings. The molecule has 0 saturated carbocycles. The third kappa shape index (κ3) is 4.23. The van der Waals surface area contributed by atoms with Crippen molar-refractivity contribution < 1.29 is 18.7 Å². The second-order valence-electron chi connectivity index (χ2n) is 7.77. The van der Waals surface area contributed by atoms with Crippen LogP contribution < -0.4 is 9.47 Å². The number of carbonyl (C=O) groups excluding carboxylic acids is 1. The number of benzene rings is 1. The van der Waals surface area contributed by atoms with Crippen LogP contribution in [0.4, 0.5) is 0 Å². The first-order chi connectivity index (χ1) is 14.4. The Labute approximate surface area is 179 Å². The lowest BCUT2D eigenvalue weighted by Gasteiger charge is -2.11. The predicted molar refractivity (Wildman–Crippen MR) is 114 cm³/mol. The van der Waals surface area contributed by atoms with Crippen molar-refractivity contribution in [2.24, 2.45) is 5.92 Å². The molecule has 0 bridgehead atoms. The van der Waals surface area contributed by atoms with E-state index in [2.05, 4.69) is 28.6 Å². The third-order valence-electron chi connectivity index (χ3n) is 5.16. The minimum Gasteiger partial charge on any atom is -0.454 e. The number of hydrogen-bond acceptors (Lipinski definition) is 7. The summed E-state index contributed by atoms with van der Waals surface area (Å²) < 4.78 is 18.7. The van der Waals surface area contributed by atoms with Gasteiger partial charge in [0.15, 0.2) is 17.3 Å². The van der Waals surface area contributed by atoms with E-state index >= 15 is 0 Å². The fraction of sp³-hybridized carbons (Fsp3) is 0.409. The van der Waals surface area contributed by atoms with Gasteiger partial charge in [-0.15, -0.1) is 10.2 Å². The van der Waals surface area contributed by atoms with Crippen molar-refractivity contribution in [3.8, 4) is 23.0 Å². The standard InChI is InChI=1S/C22H25N3O4S/c1-13(2)7-8-25-14(3)9-17(15(25)4)18(26)11-30-22-24-23-21(29-22)16-5-6-19-20(10-16)28-12-27-19/h5-6,9-10,13H,7-8,11-12H2,1-4H3. The Kier molecular flexibility index (Phi) is 5.85. The number of ketones is 1. The topological polar surface area (TPSA) is 79.4 Å². The van der Waals surface area contributed by atoms with Gasteiger partial charge in [0.25, 0.3) is 5.22 Å². The largest absolute Gasteiger partial charge is 0.454 e. The van der Waals surface area contributed by atoms with Crippen LogP contribution in [0.5, 0.6) is 11.5 Å². The summed E-state index contributed by atoms with van der Waals surface area (Å²) in [5, 5.41) is 8.52. The number of carbonyl (C=O) groups is 1. The van der Waals surface area contributed by atoms with Crippen LogP contribution in [0.1, 0.15) is 42.0 Å². The molecule has 1 aromatic carbocycles. The molecule has 30 heavy (non-hydrogen) atoms. The van der Waals surface area contributed by atoms with Gasteiger partial charge in [-0.05, 0) is 50.5 Å². The summed E-state index contributed by atoms with van der Waals surface area (Å²) in [5.74, 6) is 2.67. The van der Waals surface area contributed by atoms with Crippen LogP contribution in [0, 0.1) is 19.8 Å². The first-order valence-corrected chi connectivity index (χ1v) is 11.0. The van der Waals surface area contributed by atoms with Crippen LogP contribution in [0.2, 0.25) is 0 Å². The Morgan fingerprint density at radius 2 is 1.97 bits per heavy atom. The molecule has 7 nitrogen and oxygen atoms in total. The Morgan fingerprint density at radius 3 is 2.77 bits per heavy atom. The molecule has 0 fully saturated rings. The van der Waals surface area contributed by atoms with Gasteiger partial charge in [-0.25, -0.2) is 0 Å². The zero-order chi connectivity index (χ0) is 21.3. The van der Waals surface area contributed by atoms with Crippen LogP contribution in [0.3, 0.4) is 0 Å². The van der Waals surface area contributed by atoms with Gasteiger partial charge >= 0.3 is 0 Å². The van der Waals surface area contributed by atoms with Crippen LogP contribution >= 0.6 is 11.8 Å². The summed E-state index contributed by atoms with van der Waals surface area (Å²) in [4.78, 5) is 12.8. The zero-order valence-electron chi connectivity index (χ0n) is 17.6. The molecular weight excluding hydrogens is 402 g/mol. The maximum Gasteiger partial charge on any atom is 0.277 e. The lowest BCUT2D eigenvalue weighted by atomic mass is 10.1. The molecule has 0 atom stereocenters. The Hall–Kier alpha value is -2.74. The molecule has 158 valence electrons. The molecule has 0 amide bonds. The smallest absolute Gasteiger partial charge is 0.277 e. The number of aryl methyl sites for hydroxylation is 1. The monoisotopic (exact) mass is 427 g/mol. The maximum absolute atomic E-state index is 12.8. The highest BCUT2D eigenvalue weighted by Crippen LogP contribution is 2.36. The molecule has 0 saturated heterocycles. The number of ether oxygens (including phenoxy) is 2. The van der Waals surface area contributed by atoms with Crippen molar-refractivity contribution in [1.82, 2.24) is 14.8 Å². The van der Waals surface area contributed by atoms with Gasteiger partial charge < -0.3 is 18.5 Å². The van der Waals surface area contributed by atoms with Crippen LogP contribution in [0.25, 0.3) is 11.5 Å². The number of nitrogens with zero attached hydrogens (tertiary/aromatic N) is 3. The molecule has 4 rings (SSSR count). The number of rotatable bonds is 8. The molecule has 8 heteroatoms. The number of Topliss-reactive ketones (excluding diaryl/α,β-unsaturated/α-hetero) is 1. The van der Waals surface area contributed by atoms with Crippen molar-refractivity contribution in [2.45, 2.75) is 45.9 Å². The van der Waals surface area contributed by atoms with Crippen molar-refractivity contribution in [1.29, 1.82) is 0 Å². The summed E-state index contributed by atoms with van der Waals surface area (Å²) in [6.07, 6.45) is 1.09. The first kappa shape index (κ1) is 20.5. The minimum absolute atomic E-state index is 0.0618. The van der Waals surface area contributed by atoms with Crippen LogP contribution in [0.15, 0.2) is 33.9 Å². The van der Waals surface area contributed by atoms with Crippen molar-refractivity contribution >= 4 is 17.5 Å². The van der Waals surface area contributed by atoms with Gasteiger partial charge in [0.1, 0.15) is 0 Å². The van der Waals surface area contributed by atoms with Crippen LogP contribution in [-0.4, -0.2) is 33.1 Å². The summed E-state index contributed by atoms with van der Waals surface area (Å²) >= 11 is 1.25. The SMILES string of the molecule is Cc1cc(C(=O)CSc2nnc(-c3ccc4c(c3)OCO4)o2)c(C)n1CCC(C)C. The van der Waals surface area contributed by atoms with E-state index in [1.165, 1.54) is 11.8 Å². The predicted octanol–water partition coefficient (Wildman–Crippen LogP) is 4.90. The molecule has 0 N–H and O–H groups in total. The minimum atomic E-state index is 0.0618. The first-order valence-electron chi connectivity index (χ1n) is 9.98. The molecule has 0 unspecified atom stereocenters. The Bertz CT molecular complexity index is 1070. The van der Waals surface area contributed by atoms with Crippen molar-refractivity contribution in [2.75, 3.05) is 12.5 Å². The van der Waals surface area contributed by atoms with Gasteiger partial charge in [0.2, 0.25) is 12.7 Å². The van der Waals surface area contributed by atoms with E-state index in [0.717, 1.165) is 35.5 Å². The second kappa shape index (κ2) is 8.55. The van der Waals surface area contributed by atoms with E-state index in [1.54, 1.807) is 0 Å². The van der Waals surface area contributed by atoms with Crippen molar-refractivity contribution in [3.05, 3.63) is 41.2 Å². The lowest BCUT2D eigenvalue weighted by Crippen LogP contribution is -2.08. The number of fused-ring (bicyclic) bond motifs is 1.